The molecular weight excluding hydrogens is 667 g/mol. The zero-order chi connectivity index (χ0) is 37.0. The maximum Gasteiger partial charge on any atom is 0.253 e. The number of amides is 1. The van der Waals surface area contributed by atoms with E-state index in [1.54, 1.807) is 18.5 Å². The van der Waals surface area contributed by atoms with E-state index in [0.717, 1.165) is 68.5 Å². The van der Waals surface area contributed by atoms with Crippen LogP contribution in [0.4, 0.5) is 17.3 Å². The van der Waals surface area contributed by atoms with Crippen LogP contribution in [0.3, 0.4) is 0 Å². The highest BCUT2D eigenvalue weighted by Gasteiger charge is 2.41. The number of nitrogens with one attached hydrogen (secondary N) is 3. The van der Waals surface area contributed by atoms with Crippen LogP contribution >= 0.6 is 0 Å². The van der Waals surface area contributed by atoms with Gasteiger partial charge in [-0.25, -0.2) is 4.98 Å². The van der Waals surface area contributed by atoms with Gasteiger partial charge in [0.1, 0.15) is 13.7 Å². The second-order valence-corrected chi connectivity index (χ2v) is 21.2. The molecule has 2 aliphatic rings. The molecule has 0 atom stereocenters. The Bertz CT molecular complexity index is 1920. The first-order chi connectivity index (χ1) is 24.9. The van der Waals surface area contributed by atoms with Gasteiger partial charge in [0, 0.05) is 73.7 Å². The summed E-state index contributed by atoms with van der Waals surface area (Å²) in [5.74, 6) is 3.96. The van der Waals surface area contributed by atoms with Gasteiger partial charge in [-0.05, 0) is 79.2 Å². The van der Waals surface area contributed by atoms with Crippen LogP contribution in [0.5, 0.6) is 0 Å². The van der Waals surface area contributed by atoms with Gasteiger partial charge in [-0.2, -0.15) is 10.1 Å². The van der Waals surface area contributed by atoms with Gasteiger partial charge in [0.05, 0.1) is 18.0 Å². The number of nitrogens with zero attached hydrogens (tertiary/aromatic N) is 6. The summed E-state index contributed by atoms with van der Waals surface area (Å²) in [6.45, 7) is 17.9. The lowest BCUT2D eigenvalue weighted by Gasteiger charge is -2.38. The summed E-state index contributed by atoms with van der Waals surface area (Å²) in [6, 6.07) is 10.1. The molecule has 3 aromatic heterocycles. The molecule has 1 aromatic carbocycles. The molecule has 2 fully saturated rings. The summed E-state index contributed by atoms with van der Waals surface area (Å²) in [5.41, 5.74) is 9.35. The fourth-order valence-corrected chi connectivity index (χ4v) is 13.7. The van der Waals surface area contributed by atoms with Crippen LogP contribution in [-0.4, -0.2) is 82.9 Å². The second-order valence-electron chi connectivity index (χ2n) is 15.7. The Kier molecular flexibility index (Phi) is 11.5. The Morgan fingerprint density at radius 1 is 0.962 bits per heavy atom. The number of aromatic amines is 1. The molecule has 0 spiro atoms. The topological polar surface area (TPSA) is 124 Å². The first-order valence-electron chi connectivity index (χ1n) is 19.0. The molecule has 4 aromatic rings. The average molecular weight is 722 g/mol. The van der Waals surface area contributed by atoms with Crippen molar-refractivity contribution in [2.45, 2.75) is 102 Å². The van der Waals surface area contributed by atoms with Gasteiger partial charge in [0.15, 0.2) is 0 Å². The summed E-state index contributed by atoms with van der Waals surface area (Å²) in [5, 5.41) is 14.1. The third-order valence-corrected chi connectivity index (χ3v) is 17.7. The highest BCUT2D eigenvalue weighted by atomic mass is 28.3. The number of carbonyl (C=O) groups is 1. The minimum atomic E-state index is -2.05. The van der Waals surface area contributed by atoms with Gasteiger partial charge in [-0.15, -0.1) is 5.54 Å². The number of H-pyrrole nitrogens is 1. The largest absolute Gasteiger partial charge is 0.369 e. The number of fused-ring (bicyclic) bond motifs is 1. The molecule has 1 saturated heterocycles. The first-order valence-corrected chi connectivity index (χ1v) is 21.2. The lowest BCUT2D eigenvalue weighted by atomic mass is 9.90. The zero-order valence-electron chi connectivity index (χ0n) is 31.9. The van der Waals surface area contributed by atoms with E-state index in [2.05, 4.69) is 115 Å². The maximum absolute atomic E-state index is 14.1. The van der Waals surface area contributed by atoms with Crippen molar-refractivity contribution < 1.29 is 4.79 Å². The van der Waals surface area contributed by atoms with Crippen LogP contribution < -0.4 is 21.1 Å². The number of hydrogen-bond donors (Lipinski definition) is 3. The molecule has 11 nitrogen and oxygen atoms in total. The number of pyridine rings is 1. The average Bonchev–Trinajstić information content (AvgIpc) is 3.62. The van der Waals surface area contributed by atoms with Crippen molar-refractivity contribution in [1.29, 1.82) is 0 Å². The minimum absolute atomic E-state index is 0.0146. The molecule has 1 aliphatic heterocycles. The fourth-order valence-electron chi connectivity index (χ4n) is 8.51. The van der Waals surface area contributed by atoms with Crippen molar-refractivity contribution in [1.82, 2.24) is 34.9 Å². The van der Waals surface area contributed by atoms with E-state index in [4.69, 9.17) is 9.97 Å². The summed E-state index contributed by atoms with van der Waals surface area (Å²) in [7, 11) is 0.109. The molecule has 276 valence electrons. The van der Waals surface area contributed by atoms with Crippen LogP contribution in [0.25, 0.3) is 11.0 Å². The van der Waals surface area contributed by atoms with Gasteiger partial charge in [-0.3, -0.25) is 19.3 Å². The van der Waals surface area contributed by atoms with Crippen LogP contribution in [0.1, 0.15) is 84.4 Å². The van der Waals surface area contributed by atoms with Crippen LogP contribution in [0.2, 0.25) is 16.6 Å². The molecule has 1 aliphatic carbocycles. The lowest BCUT2D eigenvalue weighted by molar-refractivity contribution is -0.121. The first kappa shape index (κ1) is 37.3. The van der Waals surface area contributed by atoms with E-state index in [0.29, 0.717) is 40.2 Å². The van der Waals surface area contributed by atoms with Crippen molar-refractivity contribution in [3.05, 3.63) is 70.4 Å². The van der Waals surface area contributed by atoms with Crippen molar-refractivity contribution in [3.8, 4) is 11.5 Å². The molecule has 6 rings (SSSR count). The Morgan fingerprint density at radius 2 is 1.63 bits per heavy atom. The van der Waals surface area contributed by atoms with Gasteiger partial charge < -0.3 is 20.4 Å². The Hall–Kier alpha value is -4.47. The van der Waals surface area contributed by atoms with Gasteiger partial charge in [-0.1, -0.05) is 47.5 Å². The van der Waals surface area contributed by atoms with E-state index in [9.17, 15) is 9.59 Å². The Morgan fingerprint density at radius 3 is 2.25 bits per heavy atom. The number of carbonyl (C=O) groups excluding carboxylic acids is 1. The summed E-state index contributed by atoms with van der Waals surface area (Å²) in [6.07, 6.45) is 8.59. The highest BCUT2D eigenvalue weighted by Crippen LogP contribution is 2.41. The smallest absolute Gasteiger partial charge is 0.253 e. The van der Waals surface area contributed by atoms with E-state index in [-0.39, 0.29) is 23.6 Å². The Labute approximate surface area is 309 Å². The highest BCUT2D eigenvalue weighted by molar-refractivity contribution is 6.90. The molecule has 4 heterocycles. The molecule has 1 amide bonds. The molecule has 0 unspecified atom stereocenters. The van der Waals surface area contributed by atoms with E-state index < -0.39 is 8.07 Å². The van der Waals surface area contributed by atoms with Crippen LogP contribution in [0.15, 0.2) is 53.7 Å². The number of aromatic nitrogens is 5. The number of piperazine rings is 1. The van der Waals surface area contributed by atoms with Crippen molar-refractivity contribution in [2.24, 2.45) is 0 Å². The summed E-state index contributed by atoms with van der Waals surface area (Å²) >= 11 is 0. The normalized spacial score (nSPS) is 18.5. The predicted octanol–water partition coefficient (Wildman–Crippen LogP) is 6.42. The Balaban J connectivity index is 1.30. The molecule has 0 bridgehead atoms. The van der Waals surface area contributed by atoms with Crippen LogP contribution in [0, 0.1) is 11.5 Å². The third kappa shape index (κ3) is 8.11. The van der Waals surface area contributed by atoms with Crippen molar-refractivity contribution in [3.63, 3.8) is 0 Å². The molecule has 3 N–H and O–H groups in total. The van der Waals surface area contributed by atoms with E-state index in [1.165, 1.54) is 5.69 Å². The number of rotatable bonds is 10. The number of hydrogen-bond acceptors (Lipinski definition) is 8. The molecule has 1 saturated carbocycles. The third-order valence-electron chi connectivity index (χ3n) is 11.4. The lowest BCUT2D eigenvalue weighted by Crippen LogP contribution is -2.44. The maximum atomic E-state index is 14.1. The number of anilines is 3. The summed E-state index contributed by atoms with van der Waals surface area (Å²) in [4.78, 5) is 41.4. The molecule has 0 radical (unpaired) electrons. The minimum Gasteiger partial charge on any atom is -0.369 e. The van der Waals surface area contributed by atoms with E-state index in [1.807, 2.05) is 10.8 Å². The van der Waals surface area contributed by atoms with Gasteiger partial charge >= 0.3 is 0 Å². The quantitative estimate of drug-likeness (QED) is 0.127. The zero-order valence-corrected chi connectivity index (χ0v) is 32.9. The standard InChI is InChI=1S/C40H55N9O2Si/c1-27(2)52(28(3)4,29(5)6)21-16-31-23-38(51)49(35-14-10-32(11-15-35)44-37(50)22-30-24-42-43-25-30)39-36(31)26-41-40(46-39)45-33-8-12-34(13-9-33)48-19-17-47(7)18-20-48/h8-9,12-13,23-29,32,35H,10-11,14-15,17-20,22H2,1-7H3,(H,42,43)(H,44,50)(H,41,45,46). The number of likely N-dealkylation sites (N-methyl/N-ethyl adjacent to an activating group) is 1. The second kappa shape index (κ2) is 16.0. The van der Waals surface area contributed by atoms with Gasteiger partial charge in [0.25, 0.3) is 5.56 Å². The van der Waals surface area contributed by atoms with Crippen molar-refractivity contribution in [2.75, 3.05) is 43.4 Å². The fraction of sp³-hybridized carbons (Fsp3) is 0.525. The summed E-state index contributed by atoms with van der Waals surface area (Å²) < 4.78 is 1.85. The van der Waals surface area contributed by atoms with Crippen LogP contribution in [-0.2, 0) is 11.2 Å². The van der Waals surface area contributed by atoms with Gasteiger partial charge in [0.2, 0.25) is 11.9 Å². The molecule has 52 heavy (non-hydrogen) atoms. The van der Waals surface area contributed by atoms with E-state index >= 15 is 0 Å². The number of benzene rings is 1. The van der Waals surface area contributed by atoms with Crippen molar-refractivity contribution >= 4 is 42.3 Å². The monoisotopic (exact) mass is 721 g/mol. The predicted molar refractivity (Wildman–Crippen MR) is 213 cm³/mol. The molecule has 12 heteroatoms. The molecular formula is C40H55N9O2Si. The SMILES string of the molecule is CC(C)[Si](C#Cc1cc(=O)n(C2CCC(NC(=O)Cc3cn[nH]c3)CC2)c2nc(Nc3ccc(N4CCN(C)CC4)cc3)ncc12)(C(C)C)C(C)C.